The molecule has 0 radical (unpaired) electrons. The van der Waals surface area contributed by atoms with Crippen LogP contribution in [0.25, 0.3) is 0 Å². The molecule has 5 nitrogen and oxygen atoms in total. The minimum absolute atomic E-state index is 0.208. The highest BCUT2D eigenvalue weighted by Gasteiger charge is 2.15. The predicted molar refractivity (Wildman–Crippen MR) is 51.9 cm³/mol. The second-order valence-corrected chi connectivity index (χ2v) is 4.21. The molecular formula is C8H13NO4S. The maximum absolute atomic E-state index is 11.1. The Kier molecular flexibility index (Phi) is 5.92. The Bertz CT molecular complexity index is 336. The number of carbonyl (C=O) groups is 1. The van der Waals surface area contributed by atoms with E-state index in [1.54, 1.807) is 6.92 Å². The first-order chi connectivity index (χ1) is 6.52. The van der Waals surface area contributed by atoms with E-state index in [1.165, 1.54) is 0 Å². The summed E-state index contributed by atoms with van der Waals surface area (Å²) in [6, 6.07) is 0. The maximum atomic E-state index is 11.1. The fourth-order valence-electron chi connectivity index (χ4n) is 0.659. The van der Waals surface area contributed by atoms with Gasteiger partial charge in [-0.25, -0.2) is 13.1 Å². The largest absolute Gasteiger partial charge is 0.468 e. The lowest BCUT2D eigenvalue weighted by atomic mass is 10.4. The van der Waals surface area contributed by atoms with Crippen molar-refractivity contribution in [2.24, 2.45) is 0 Å². The molecular weight excluding hydrogens is 206 g/mol. The van der Waals surface area contributed by atoms with Crippen LogP contribution in [0.2, 0.25) is 0 Å². The molecule has 0 heterocycles. The molecule has 0 fully saturated rings. The molecule has 0 saturated carbocycles. The summed E-state index contributed by atoms with van der Waals surface area (Å²) >= 11 is 0. The molecule has 6 heteroatoms. The van der Waals surface area contributed by atoms with Gasteiger partial charge in [0.05, 0.1) is 7.11 Å². The van der Waals surface area contributed by atoms with E-state index in [9.17, 15) is 13.2 Å². The van der Waals surface area contributed by atoms with Gasteiger partial charge in [0.25, 0.3) is 0 Å². The fraction of sp³-hybridized carbons (Fsp3) is 0.625. The molecule has 1 N–H and O–H groups in total. The average Bonchev–Trinajstić information content (AvgIpc) is 2.12. The number of nitrogens with one attached hydrogen (secondary N) is 1. The normalized spacial score (nSPS) is 10.1. The number of sulfonamides is 1. The molecule has 80 valence electrons. The lowest BCUT2D eigenvalue weighted by Gasteiger charge is -2.02. The highest BCUT2D eigenvalue weighted by Crippen LogP contribution is 1.87. The topological polar surface area (TPSA) is 72.5 Å². The molecule has 0 saturated heterocycles. The number of carbonyl (C=O) groups excluding carboxylic acids is 1. The van der Waals surface area contributed by atoms with Crippen molar-refractivity contribution < 1.29 is 17.9 Å². The van der Waals surface area contributed by atoms with Crippen molar-refractivity contribution in [3.8, 4) is 11.8 Å². The second kappa shape index (κ2) is 6.40. The monoisotopic (exact) mass is 219 g/mol. The van der Waals surface area contributed by atoms with Crippen LogP contribution in [0.3, 0.4) is 0 Å². The summed E-state index contributed by atoms with van der Waals surface area (Å²) in [4.78, 5) is 10.6. The molecule has 0 aromatic rings. The van der Waals surface area contributed by atoms with Crippen LogP contribution < -0.4 is 4.72 Å². The van der Waals surface area contributed by atoms with Gasteiger partial charge >= 0.3 is 5.97 Å². The minimum Gasteiger partial charge on any atom is -0.468 e. The van der Waals surface area contributed by atoms with Crippen molar-refractivity contribution in [2.45, 2.75) is 13.3 Å². The summed E-state index contributed by atoms with van der Waals surface area (Å²) in [6.45, 7) is 1.88. The lowest BCUT2D eigenvalue weighted by Crippen LogP contribution is -2.31. The van der Waals surface area contributed by atoms with Gasteiger partial charge in [-0.1, -0.05) is 0 Å². The number of hydrogen-bond acceptors (Lipinski definition) is 4. The quantitative estimate of drug-likeness (QED) is 0.384. The highest BCUT2D eigenvalue weighted by atomic mass is 32.2. The highest BCUT2D eigenvalue weighted by molar-refractivity contribution is 7.90. The van der Waals surface area contributed by atoms with Crippen LogP contribution in [0.5, 0.6) is 0 Å². The van der Waals surface area contributed by atoms with E-state index in [0.29, 0.717) is 6.42 Å². The predicted octanol–water partition coefficient (Wildman–Crippen LogP) is -0.508. The summed E-state index contributed by atoms with van der Waals surface area (Å²) in [5.41, 5.74) is 0. The van der Waals surface area contributed by atoms with Crippen LogP contribution in [-0.2, 0) is 19.6 Å². The Hall–Kier alpha value is -1.06. The van der Waals surface area contributed by atoms with Gasteiger partial charge in [0.2, 0.25) is 10.0 Å². The standard InChI is InChI=1S/C8H13NO4S/c1-3-4-5-6-9-14(11,12)7-8(10)13-2/h9H,5-7H2,1-2H3. The third-order valence-corrected chi connectivity index (χ3v) is 2.54. The number of methoxy groups -OCH3 is 1. The average molecular weight is 219 g/mol. The zero-order valence-corrected chi connectivity index (χ0v) is 8.98. The van der Waals surface area contributed by atoms with E-state index in [1.807, 2.05) is 0 Å². The van der Waals surface area contributed by atoms with Gasteiger partial charge in [0.15, 0.2) is 5.75 Å². The van der Waals surface area contributed by atoms with E-state index < -0.39 is 21.7 Å². The zero-order valence-electron chi connectivity index (χ0n) is 8.16. The maximum Gasteiger partial charge on any atom is 0.322 e. The van der Waals surface area contributed by atoms with Gasteiger partial charge in [-0.3, -0.25) is 4.79 Å². The Morgan fingerprint density at radius 3 is 2.64 bits per heavy atom. The third kappa shape index (κ3) is 6.46. The van der Waals surface area contributed by atoms with Crippen LogP contribution >= 0.6 is 0 Å². The molecule has 14 heavy (non-hydrogen) atoms. The van der Waals surface area contributed by atoms with Crippen LogP contribution in [-0.4, -0.2) is 33.8 Å². The van der Waals surface area contributed by atoms with Crippen LogP contribution in [0.15, 0.2) is 0 Å². The first kappa shape index (κ1) is 12.9. The summed E-state index contributed by atoms with van der Waals surface area (Å²) in [5.74, 6) is 3.90. The molecule has 0 spiro atoms. The number of rotatable bonds is 5. The molecule has 0 unspecified atom stereocenters. The Morgan fingerprint density at radius 1 is 1.50 bits per heavy atom. The van der Waals surface area contributed by atoms with E-state index in [2.05, 4.69) is 21.3 Å². The van der Waals surface area contributed by atoms with Crippen molar-refractivity contribution in [2.75, 3.05) is 19.4 Å². The van der Waals surface area contributed by atoms with Gasteiger partial charge in [-0.05, 0) is 6.92 Å². The summed E-state index contributed by atoms with van der Waals surface area (Å²) < 4.78 is 28.7. The van der Waals surface area contributed by atoms with E-state index in [4.69, 9.17) is 0 Å². The number of ether oxygens (including phenoxy) is 1. The molecule has 0 aliphatic carbocycles. The van der Waals surface area contributed by atoms with Gasteiger partial charge in [0, 0.05) is 13.0 Å². The van der Waals surface area contributed by atoms with E-state index in [-0.39, 0.29) is 6.54 Å². The summed E-state index contributed by atoms with van der Waals surface area (Å²) in [6.07, 6.45) is 0.427. The van der Waals surface area contributed by atoms with Crippen molar-refractivity contribution in [1.82, 2.24) is 4.72 Å². The Balaban J connectivity index is 3.94. The second-order valence-electron chi connectivity index (χ2n) is 2.41. The minimum atomic E-state index is -3.57. The third-order valence-electron chi connectivity index (χ3n) is 1.28. The first-order valence-corrected chi connectivity index (χ1v) is 5.61. The SMILES string of the molecule is CC#CCCNS(=O)(=O)CC(=O)OC. The smallest absolute Gasteiger partial charge is 0.322 e. The fourth-order valence-corrected chi connectivity index (χ4v) is 1.60. The molecule has 0 amide bonds. The Morgan fingerprint density at radius 2 is 2.14 bits per heavy atom. The number of hydrogen-bond donors (Lipinski definition) is 1. The van der Waals surface area contributed by atoms with E-state index in [0.717, 1.165) is 7.11 Å². The molecule has 0 rings (SSSR count). The zero-order chi connectivity index (χ0) is 11.0. The van der Waals surface area contributed by atoms with Crippen molar-refractivity contribution in [3.63, 3.8) is 0 Å². The summed E-state index contributed by atoms with van der Waals surface area (Å²) in [7, 11) is -2.43. The molecule has 0 aliphatic rings. The van der Waals surface area contributed by atoms with Gasteiger partial charge in [0.1, 0.15) is 0 Å². The van der Waals surface area contributed by atoms with Gasteiger partial charge in [-0.15, -0.1) is 11.8 Å². The van der Waals surface area contributed by atoms with Crippen LogP contribution in [0, 0.1) is 11.8 Å². The van der Waals surface area contributed by atoms with Crippen molar-refractivity contribution in [3.05, 3.63) is 0 Å². The van der Waals surface area contributed by atoms with Crippen LogP contribution in [0.1, 0.15) is 13.3 Å². The molecule has 0 bridgehead atoms. The molecule has 0 aromatic heterocycles. The summed E-state index contributed by atoms with van der Waals surface area (Å²) in [5, 5.41) is 0. The van der Waals surface area contributed by atoms with Gasteiger partial charge < -0.3 is 4.74 Å². The molecule has 0 aliphatic heterocycles. The Labute approximate surface area is 83.9 Å². The molecule has 0 atom stereocenters. The first-order valence-electron chi connectivity index (χ1n) is 3.95. The lowest BCUT2D eigenvalue weighted by molar-refractivity contribution is -0.137. The van der Waals surface area contributed by atoms with E-state index >= 15 is 0 Å². The van der Waals surface area contributed by atoms with Crippen molar-refractivity contribution in [1.29, 1.82) is 0 Å². The molecule has 0 aromatic carbocycles. The van der Waals surface area contributed by atoms with Crippen molar-refractivity contribution >= 4 is 16.0 Å². The van der Waals surface area contributed by atoms with Gasteiger partial charge in [-0.2, -0.15) is 0 Å². The number of esters is 1. The van der Waals surface area contributed by atoms with Crippen LogP contribution in [0.4, 0.5) is 0 Å².